The first-order valence-corrected chi connectivity index (χ1v) is 7.73. The molecular weight excluding hydrogens is 294 g/mol. The topological polar surface area (TPSA) is 117 Å². The normalized spacial score (nSPS) is 17.0. The molecule has 0 unspecified atom stereocenters. The van der Waals surface area contributed by atoms with Gasteiger partial charge in [0.25, 0.3) is 5.95 Å². The minimum atomic E-state index is -0.623. The van der Waals surface area contributed by atoms with E-state index in [0.717, 1.165) is 38.5 Å². The van der Waals surface area contributed by atoms with Gasteiger partial charge in [-0.3, -0.25) is 0 Å². The number of aromatic nitrogens is 6. The van der Waals surface area contributed by atoms with Gasteiger partial charge in [0.05, 0.1) is 6.07 Å². The van der Waals surface area contributed by atoms with Crippen LogP contribution in [0.15, 0.2) is 12.7 Å². The Balaban J connectivity index is 1.92. The van der Waals surface area contributed by atoms with Crippen molar-refractivity contribution in [3.8, 4) is 12.0 Å². The number of anilines is 2. The van der Waals surface area contributed by atoms with Gasteiger partial charge in [0.2, 0.25) is 11.9 Å². The second kappa shape index (κ2) is 6.56. The zero-order valence-electron chi connectivity index (χ0n) is 13.0. The molecule has 0 radical (unpaired) electrons. The molecule has 0 aromatic carbocycles. The Morgan fingerprint density at radius 1 is 1.13 bits per heavy atom. The van der Waals surface area contributed by atoms with Crippen molar-refractivity contribution in [2.75, 3.05) is 17.7 Å². The van der Waals surface area contributed by atoms with Gasteiger partial charge < -0.3 is 10.6 Å². The summed E-state index contributed by atoms with van der Waals surface area (Å²) < 4.78 is 1.46. The van der Waals surface area contributed by atoms with Crippen LogP contribution in [0.3, 0.4) is 0 Å². The number of hydrogen-bond donors (Lipinski definition) is 2. The van der Waals surface area contributed by atoms with E-state index in [1.54, 1.807) is 7.05 Å². The predicted molar refractivity (Wildman–Crippen MR) is 84.0 cm³/mol. The van der Waals surface area contributed by atoms with Gasteiger partial charge >= 0.3 is 0 Å². The van der Waals surface area contributed by atoms with Crippen molar-refractivity contribution in [3.05, 3.63) is 12.7 Å². The predicted octanol–water partition coefficient (Wildman–Crippen LogP) is 1.52. The van der Waals surface area contributed by atoms with Crippen molar-refractivity contribution >= 4 is 11.9 Å². The Hall–Kier alpha value is -2.76. The second-order valence-electron chi connectivity index (χ2n) is 5.61. The van der Waals surface area contributed by atoms with E-state index in [9.17, 15) is 5.26 Å². The molecule has 2 aromatic heterocycles. The first-order chi connectivity index (χ1) is 11.2. The Kier molecular flexibility index (Phi) is 4.32. The summed E-state index contributed by atoms with van der Waals surface area (Å²) in [6.45, 7) is 0. The molecule has 3 rings (SSSR count). The quantitative estimate of drug-likeness (QED) is 0.816. The van der Waals surface area contributed by atoms with Crippen molar-refractivity contribution in [1.82, 2.24) is 29.7 Å². The first-order valence-electron chi connectivity index (χ1n) is 7.73. The van der Waals surface area contributed by atoms with E-state index in [1.807, 2.05) is 0 Å². The summed E-state index contributed by atoms with van der Waals surface area (Å²) >= 11 is 0. The Bertz CT molecular complexity index is 681. The molecule has 0 spiro atoms. The molecule has 1 aliphatic carbocycles. The van der Waals surface area contributed by atoms with E-state index in [4.69, 9.17) is 0 Å². The fourth-order valence-corrected chi connectivity index (χ4v) is 2.76. The van der Waals surface area contributed by atoms with Crippen molar-refractivity contribution < 1.29 is 0 Å². The lowest BCUT2D eigenvalue weighted by atomic mass is 9.92. The van der Waals surface area contributed by atoms with E-state index in [-0.39, 0.29) is 0 Å². The summed E-state index contributed by atoms with van der Waals surface area (Å²) in [7, 11) is 1.73. The molecule has 1 aliphatic rings. The summed E-state index contributed by atoms with van der Waals surface area (Å²) in [6, 6.07) is 2.43. The third-order valence-electron chi connectivity index (χ3n) is 3.99. The van der Waals surface area contributed by atoms with Crippen molar-refractivity contribution in [3.63, 3.8) is 0 Å². The molecule has 9 nitrogen and oxygen atoms in total. The van der Waals surface area contributed by atoms with Crippen LogP contribution in [0.1, 0.15) is 38.5 Å². The summed E-state index contributed by atoms with van der Waals surface area (Å²) in [5, 5.41) is 19.9. The summed E-state index contributed by atoms with van der Waals surface area (Å²) in [6.07, 6.45) is 8.90. The molecule has 2 N–H and O–H groups in total. The summed E-state index contributed by atoms with van der Waals surface area (Å²) in [5.41, 5.74) is -0.623. The maximum absolute atomic E-state index is 9.68. The SMILES string of the molecule is CNc1nc(NC2(C#N)CCCCCC2)nc(-n2cncn2)n1. The molecule has 0 amide bonds. The highest BCUT2D eigenvalue weighted by molar-refractivity contribution is 5.41. The van der Waals surface area contributed by atoms with Crippen LogP contribution < -0.4 is 10.6 Å². The van der Waals surface area contributed by atoms with Crippen molar-refractivity contribution in [2.24, 2.45) is 0 Å². The molecule has 1 fully saturated rings. The Labute approximate surface area is 134 Å². The number of nitrogens with one attached hydrogen (secondary N) is 2. The van der Waals surface area contributed by atoms with Gasteiger partial charge in [0.15, 0.2) is 0 Å². The molecule has 0 bridgehead atoms. The second-order valence-corrected chi connectivity index (χ2v) is 5.61. The van der Waals surface area contributed by atoms with Crippen LogP contribution in [-0.2, 0) is 0 Å². The maximum atomic E-state index is 9.68. The van der Waals surface area contributed by atoms with Gasteiger partial charge in [-0.15, -0.1) is 0 Å². The summed E-state index contributed by atoms with van der Waals surface area (Å²) in [4.78, 5) is 16.9. The van der Waals surface area contributed by atoms with E-state index >= 15 is 0 Å². The average molecular weight is 313 g/mol. The lowest BCUT2D eigenvalue weighted by Crippen LogP contribution is -2.37. The van der Waals surface area contributed by atoms with Crippen LogP contribution in [0.25, 0.3) is 5.95 Å². The molecule has 0 atom stereocenters. The molecule has 120 valence electrons. The number of nitriles is 1. The standard InChI is InChI=1S/C14H19N9/c1-16-11-19-12(21-13(20-11)23-10-17-9-18-23)22-14(8-15)6-4-2-3-5-7-14/h9-10H,2-7H2,1H3,(H2,16,19,20,21,22). The lowest BCUT2D eigenvalue weighted by Gasteiger charge is -2.26. The highest BCUT2D eigenvalue weighted by Crippen LogP contribution is 2.29. The largest absolute Gasteiger partial charge is 0.357 e. The first kappa shape index (κ1) is 15.1. The maximum Gasteiger partial charge on any atom is 0.258 e. The fraction of sp³-hybridized carbons (Fsp3) is 0.571. The molecule has 0 saturated heterocycles. The Morgan fingerprint density at radius 2 is 1.87 bits per heavy atom. The molecular formula is C14H19N9. The minimum Gasteiger partial charge on any atom is -0.357 e. The van der Waals surface area contributed by atoms with Gasteiger partial charge in [-0.2, -0.15) is 30.0 Å². The third-order valence-corrected chi connectivity index (χ3v) is 3.99. The van der Waals surface area contributed by atoms with Crippen LogP contribution in [0, 0.1) is 11.3 Å². The van der Waals surface area contributed by atoms with Gasteiger partial charge in [0.1, 0.15) is 18.2 Å². The van der Waals surface area contributed by atoms with Crippen LogP contribution >= 0.6 is 0 Å². The fourth-order valence-electron chi connectivity index (χ4n) is 2.76. The van der Waals surface area contributed by atoms with Gasteiger partial charge in [-0.05, 0) is 12.8 Å². The van der Waals surface area contributed by atoms with Gasteiger partial charge in [0, 0.05) is 7.05 Å². The van der Waals surface area contributed by atoms with E-state index in [0.29, 0.717) is 17.8 Å². The van der Waals surface area contributed by atoms with E-state index in [2.05, 4.69) is 41.7 Å². The molecule has 23 heavy (non-hydrogen) atoms. The van der Waals surface area contributed by atoms with Crippen molar-refractivity contribution in [2.45, 2.75) is 44.1 Å². The van der Waals surface area contributed by atoms with Crippen LogP contribution in [0.5, 0.6) is 0 Å². The van der Waals surface area contributed by atoms with Crippen LogP contribution in [0.2, 0.25) is 0 Å². The zero-order chi connectivity index (χ0) is 16.1. The average Bonchev–Trinajstić information content (AvgIpc) is 3.02. The smallest absolute Gasteiger partial charge is 0.258 e. The molecule has 2 heterocycles. The molecule has 0 aliphatic heterocycles. The van der Waals surface area contributed by atoms with E-state index < -0.39 is 5.54 Å². The molecule has 9 heteroatoms. The van der Waals surface area contributed by atoms with Crippen LogP contribution in [0.4, 0.5) is 11.9 Å². The zero-order valence-corrected chi connectivity index (χ0v) is 13.0. The third kappa shape index (κ3) is 3.36. The summed E-state index contributed by atoms with van der Waals surface area (Å²) in [5.74, 6) is 1.14. The van der Waals surface area contributed by atoms with Gasteiger partial charge in [-0.1, -0.05) is 25.7 Å². The number of nitrogens with zero attached hydrogens (tertiary/aromatic N) is 7. The van der Waals surface area contributed by atoms with E-state index in [1.165, 1.54) is 17.3 Å². The van der Waals surface area contributed by atoms with Gasteiger partial charge in [-0.25, -0.2) is 4.98 Å². The monoisotopic (exact) mass is 313 g/mol. The van der Waals surface area contributed by atoms with Crippen molar-refractivity contribution in [1.29, 1.82) is 5.26 Å². The highest BCUT2D eigenvalue weighted by atomic mass is 15.4. The number of rotatable bonds is 4. The van der Waals surface area contributed by atoms with Crippen LogP contribution in [-0.4, -0.2) is 42.3 Å². The number of hydrogen-bond acceptors (Lipinski definition) is 8. The lowest BCUT2D eigenvalue weighted by molar-refractivity contribution is 0.506. The molecule has 2 aromatic rings. The minimum absolute atomic E-state index is 0.353. The Morgan fingerprint density at radius 3 is 2.48 bits per heavy atom. The molecule has 1 saturated carbocycles. The highest BCUT2D eigenvalue weighted by Gasteiger charge is 2.32.